The number of ether oxygens (including phenoxy) is 1. The van der Waals surface area contributed by atoms with Gasteiger partial charge in [-0.2, -0.15) is 0 Å². The van der Waals surface area contributed by atoms with Gasteiger partial charge in [-0.3, -0.25) is 14.6 Å². The topological polar surface area (TPSA) is 94.3 Å². The molecule has 1 heterocycles. The highest BCUT2D eigenvalue weighted by Crippen LogP contribution is 2.16. The summed E-state index contributed by atoms with van der Waals surface area (Å²) >= 11 is 2.19. The van der Waals surface area contributed by atoms with Gasteiger partial charge in [-0.15, -0.1) is 0 Å². The molecule has 0 fully saturated rings. The first kappa shape index (κ1) is 20.8. The van der Waals surface area contributed by atoms with E-state index in [1.54, 1.807) is 18.2 Å². The number of carbonyl (C=O) groups excluding carboxylic acids is 2. The summed E-state index contributed by atoms with van der Waals surface area (Å²) in [5.41, 5.74) is 7.98. The van der Waals surface area contributed by atoms with E-state index in [-0.39, 0.29) is 11.6 Å². The van der Waals surface area contributed by atoms with Crippen molar-refractivity contribution in [3.05, 3.63) is 92.8 Å². The van der Waals surface area contributed by atoms with Crippen LogP contribution in [0.1, 0.15) is 32.0 Å². The van der Waals surface area contributed by atoms with Crippen LogP contribution in [0.3, 0.4) is 0 Å². The van der Waals surface area contributed by atoms with E-state index >= 15 is 0 Å². The standard InChI is InChI=1S/C22H20IN3O3/c23-18-5-2-4-17(13-18)22(28)26-10-7-15-3-1-6-19(11-15)29-14-16-8-9-25-20(12-16)21(24)27/h1-6,8-9,11-13H,7,10,14H2,(H2,24,27)(H,26,28). The van der Waals surface area contributed by atoms with Crippen LogP contribution in [0.2, 0.25) is 0 Å². The molecule has 0 saturated carbocycles. The summed E-state index contributed by atoms with van der Waals surface area (Å²) in [5, 5.41) is 2.93. The monoisotopic (exact) mass is 501 g/mol. The highest BCUT2D eigenvalue weighted by molar-refractivity contribution is 14.1. The predicted molar refractivity (Wildman–Crippen MR) is 119 cm³/mol. The summed E-state index contributed by atoms with van der Waals surface area (Å²) in [4.78, 5) is 27.3. The zero-order valence-corrected chi connectivity index (χ0v) is 17.8. The number of halogens is 1. The number of primary amides is 1. The maximum absolute atomic E-state index is 12.2. The molecule has 2 aromatic carbocycles. The minimum atomic E-state index is -0.568. The van der Waals surface area contributed by atoms with E-state index in [1.165, 1.54) is 6.20 Å². The minimum Gasteiger partial charge on any atom is -0.489 e. The first-order chi connectivity index (χ1) is 14.0. The number of aromatic nitrogens is 1. The first-order valence-electron chi connectivity index (χ1n) is 9.01. The third kappa shape index (κ3) is 6.28. The molecule has 3 rings (SSSR count). The number of nitrogens with two attached hydrogens (primary N) is 1. The van der Waals surface area contributed by atoms with Crippen molar-refractivity contribution < 1.29 is 14.3 Å². The molecule has 0 saturated heterocycles. The Morgan fingerprint density at radius 2 is 1.86 bits per heavy atom. The molecule has 7 heteroatoms. The van der Waals surface area contributed by atoms with E-state index in [0.29, 0.717) is 30.9 Å². The van der Waals surface area contributed by atoms with Gasteiger partial charge in [0.2, 0.25) is 0 Å². The van der Waals surface area contributed by atoms with Gasteiger partial charge in [-0.05, 0) is 82.6 Å². The van der Waals surface area contributed by atoms with Crippen LogP contribution < -0.4 is 15.8 Å². The van der Waals surface area contributed by atoms with Gasteiger partial charge in [0.15, 0.2) is 0 Å². The number of hydrogen-bond donors (Lipinski definition) is 2. The molecule has 0 atom stereocenters. The number of hydrogen-bond acceptors (Lipinski definition) is 4. The van der Waals surface area contributed by atoms with Crippen molar-refractivity contribution in [2.75, 3.05) is 6.54 Å². The highest BCUT2D eigenvalue weighted by atomic mass is 127. The van der Waals surface area contributed by atoms with E-state index in [0.717, 1.165) is 14.7 Å². The molecule has 6 nitrogen and oxygen atoms in total. The second-order valence-electron chi connectivity index (χ2n) is 6.37. The zero-order chi connectivity index (χ0) is 20.6. The Morgan fingerprint density at radius 3 is 2.66 bits per heavy atom. The van der Waals surface area contributed by atoms with E-state index < -0.39 is 5.91 Å². The van der Waals surface area contributed by atoms with Crippen LogP contribution in [0.5, 0.6) is 5.75 Å². The van der Waals surface area contributed by atoms with Crippen LogP contribution in [-0.2, 0) is 13.0 Å². The number of benzene rings is 2. The lowest BCUT2D eigenvalue weighted by molar-refractivity contribution is 0.0952. The molecule has 0 bridgehead atoms. The summed E-state index contributed by atoms with van der Waals surface area (Å²) in [7, 11) is 0. The average molecular weight is 501 g/mol. The Bertz CT molecular complexity index is 1020. The molecule has 1 aromatic heterocycles. The number of carbonyl (C=O) groups is 2. The molecule has 29 heavy (non-hydrogen) atoms. The van der Waals surface area contributed by atoms with Crippen LogP contribution in [0.25, 0.3) is 0 Å². The van der Waals surface area contributed by atoms with Gasteiger partial charge in [0, 0.05) is 21.9 Å². The summed E-state index contributed by atoms with van der Waals surface area (Å²) < 4.78 is 6.83. The molecule has 148 valence electrons. The maximum Gasteiger partial charge on any atom is 0.267 e. The Balaban J connectivity index is 1.52. The third-order valence-electron chi connectivity index (χ3n) is 4.17. The van der Waals surface area contributed by atoms with Crippen molar-refractivity contribution in [3.8, 4) is 5.75 Å². The number of nitrogens with one attached hydrogen (secondary N) is 1. The van der Waals surface area contributed by atoms with Crippen LogP contribution in [0.4, 0.5) is 0 Å². The second-order valence-corrected chi connectivity index (χ2v) is 7.61. The van der Waals surface area contributed by atoms with E-state index in [1.807, 2.05) is 42.5 Å². The Kier molecular flexibility index (Phi) is 7.18. The smallest absolute Gasteiger partial charge is 0.267 e. The van der Waals surface area contributed by atoms with Gasteiger partial charge in [0.25, 0.3) is 11.8 Å². The summed E-state index contributed by atoms with van der Waals surface area (Å²) in [5.74, 6) is 0.0591. The summed E-state index contributed by atoms with van der Waals surface area (Å²) in [6.07, 6.45) is 2.22. The first-order valence-corrected chi connectivity index (χ1v) is 10.1. The Labute approximate surface area is 182 Å². The maximum atomic E-state index is 12.2. The van der Waals surface area contributed by atoms with Gasteiger partial charge < -0.3 is 15.8 Å². The van der Waals surface area contributed by atoms with Crippen LogP contribution in [-0.4, -0.2) is 23.3 Å². The van der Waals surface area contributed by atoms with Crippen LogP contribution in [0.15, 0.2) is 66.9 Å². The fourth-order valence-corrected chi connectivity index (χ4v) is 3.25. The van der Waals surface area contributed by atoms with Crippen LogP contribution in [0, 0.1) is 3.57 Å². The highest BCUT2D eigenvalue weighted by Gasteiger charge is 2.06. The lowest BCUT2D eigenvalue weighted by atomic mass is 10.1. The third-order valence-corrected chi connectivity index (χ3v) is 4.84. The second kappa shape index (κ2) is 10.0. The quantitative estimate of drug-likeness (QED) is 0.463. The molecular formula is C22H20IN3O3. The van der Waals surface area contributed by atoms with Crippen molar-refractivity contribution in [3.63, 3.8) is 0 Å². The van der Waals surface area contributed by atoms with Crippen molar-refractivity contribution in [2.24, 2.45) is 5.73 Å². The fourth-order valence-electron chi connectivity index (χ4n) is 2.71. The van der Waals surface area contributed by atoms with E-state index in [4.69, 9.17) is 10.5 Å². The molecule has 0 aliphatic rings. The van der Waals surface area contributed by atoms with E-state index in [2.05, 4.69) is 32.9 Å². The molecule has 0 radical (unpaired) electrons. The van der Waals surface area contributed by atoms with Gasteiger partial charge in [-0.25, -0.2) is 0 Å². The molecule has 0 spiro atoms. The summed E-state index contributed by atoms with van der Waals surface area (Å²) in [6, 6.07) is 18.6. The lowest BCUT2D eigenvalue weighted by Gasteiger charge is -2.09. The van der Waals surface area contributed by atoms with Crippen molar-refractivity contribution in [1.29, 1.82) is 0 Å². The van der Waals surface area contributed by atoms with Gasteiger partial charge in [-0.1, -0.05) is 18.2 Å². The predicted octanol–water partition coefficient (Wildman–Crippen LogP) is 3.34. The zero-order valence-electron chi connectivity index (χ0n) is 15.6. The Morgan fingerprint density at radius 1 is 1.03 bits per heavy atom. The normalized spacial score (nSPS) is 10.4. The van der Waals surface area contributed by atoms with Crippen molar-refractivity contribution in [2.45, 2.75) is 13.0 Å². The van der Waals surface area contributed by atoms with Crippen molar-refractivity contribution in [1.82, 2.24) is 10.3 Å². The fraction of sp³-hybridized carbons (Fsp3) is 0.136. The van der Waals surface area contributed by atoms with Gasteiger partial charge in [0.1, 0.15) is 18.1 Å². The molecule has 0 aliphatic carbocycles. The molecule has 3 aromatic rings. The molecule has 0 aliphatic heterocycles. The largest absolute Gasteiger partial charge is 0.489 e. The molecular weight excluding hydrogens is 481 g/mol. The minimum absolute atomic E-state index is 0.0844. The number of pyridine rings is 1. The molecule has 0 unspecified atom stereocenters. The van der Waals surface area contributed by atoms with Gasteiger partial charge in [0.05, 0.1) is 0 Å². The van der Waals surface area contributed by atoms with Crippen molar-refractivity contribution >= 4 is 34.4 Å². The Hall–Kier alpha value is -2.94. The SMILES string of the molecule is NC(=O)c1cc(COc2cccc(CCNC(=O)c3cccc(I)c3)c2)ccn1. The summed E-state index contributed by atoms with van der Waals surface area (Å²) in [6.45, 7) is 0.829. The lowest BCUT2D eigenvalue weighted by Crippen LogP contribution is -2.25. The number of rotatable bonds is 8. The number of nitrogens with zero attached hydrogens (tertiary/aromatic N) is 1. The molecule has 3 N–H and O–H groups in total. The average Bonchev–Trinajstić information content (AvgIpc) is 2.73. The van der Waals surface area contributed by atoms with E-state index in [9.17, 15) is 9.59 Å². The number of amides is 2. The van der Waals surface area contributed by atoms with Gasteiger partial charge >= 0.3 is 0 Å². The van der Waals surface area contributed by atoms with Crippen LogP contribution >= 0.6 is 22.6 Å². The molecule has 2 amide bonds.